The molecule has 0 saturated heterocycles. The van der Waals surface area contributed by atoms with Gasteiger partial charge in [-0.1, -0.05) is 187 Å². The van der Waals surface area contributed by atoms with E-state index in [0.717, 1.165) is 56.2 Å². The van der Waals surface area contributed by atoms with Crippen LogP contribution in [0.3, 0.4) is 0 Å². The van der Waals surface area contributed by atoms with Crippen LogP contribution in [0.2, 0.25) is 0 Å². The van der Waals surface area contributed by atoms with E-state index in [1.807, 2.05) is 0 Å². The van der Waals surface area contributed by atoms with E-state index >= 15 is 0 Å². The molecule has 2 nitrogen and oxygen atoms in total. The number of benzene rings is 11. The van der Waals surface area contributed by atoms with Crippen LogP contribution in [-0.4, -0.2) is 4.57 Å². The third kappa shape index (κ3) is 6.85. The van der Waals surface area contributed by atoms with Crippen molar-refractivity contribution in [1.29, 1.82) is 0 Å². The normalized spacial score (nSPS) is 11.9. The molecule has 1 heterocycles. The SMILES string of the molecule is C1=C=C(c2cccc(-c3cccc(N(c4ccc(-c5ccc6ccccc6c5)cc4)c4ccc(-c5ccc6c(ccc7ccccc76)c5)cc4)c3)c2)c2c(n(-c3ccccc3)c3ccccc23)C=1. The van der Waals surface area contributed by atoms with Gasteiger partial charge in [-0.15, -0.1) is 0 Å². The average Bonchev–Trinajstić information content (AvgIpc) is 3.76. The number of anilines is 3. The van der Waals surface area contributed by atoms with Crippen LogP contribution in [0.25, 0.3) is 93.9 Å². The highest BCUT2D eigenvalue weighted by atomic mass is 15.1. The quantitative estimate of drug-likeness (QED) is 0.109. The molecule has 1 aliphatic rings. The number of rotatable bonds is 8. The zero-order valence-electron chi connectivity index (χ0n) is 37.1. The van der Waals surface area contributed by atoms with Gasteiger partial charge in [-0.2, -0.15) is 0 Å². The van der Waals surface area contributed by atoms with E-state index in [1.54, 1.807) is 0 Å². The molecule has 2 heteroatoms. The molecular weight excluding hydrogens is 821 g/mol. The van der Waals surface area contributed by atoms with Gasteiger partial charge in [0.1, 0.15) is 0 Å². The largest absolute Gasteiger partial charge is 0.310 e. The molecule has 0 bridgehead atoms. The highest BCUT2D eigenvalue weighted by Gasteiger charge is 2.23. The summed E-state index contributed by atoms with van der Waals surface area (Å²) in [6.07, 6.45) is 2.07. The van der Waals surface area contributed by atoms with E-state index in [4.69, 9.17) is 0 Å². The molecule has 0 N–H and O–H groups in total. The van der Waals surface area contributed by atoms with Crippen LogP contribution in [0.1, 0.15) is 16.8 Å². The predicted molar refractivity (Wildman–Crippen MR) is 287 cm³/mol. The molecule has 0 saturated carbocycles. The van der Waals surface area contributed by atoms with Crippen molar-refractivity contribution in [1.82, 2.24) is 4.57 Å². The van der Waals surface area contributed by atoms with Crippen molar-refractivity contribution < 1.29 is 0 Å². The number of nitrogens with zero attached hydrogens (tertiary/aromatic N) is 2. The van der Waals surface area contributed by atoms with Crippen molar-refractivity contribution in [3.63, 3.8) is 0 Å². The zero-order chi connectivity index (χ0) is 45.0. The smallest absolute Gasteiger partial charge is 0.0637 e. The Balaban J connectivity index is 0.885. The van der Waals surface area contributed by atoms with Gasteiger partial charge >= 0.3 is 0 Å². The average molecular weight is 863 g/mol. The summed E-state index contributed by atoms with van der Waals surface area (Å²) in [4.78, 5) is 2.37. The lowest BCUT2D eigenvalue weighted by Gasteiger charge is -2.26. The first-order valence-electron chi connectivity index (χ1n) is 23.2. The molecule has 11 aromatic carbocycles. The predicted octanol–water partition coefficient (Wildman–Crippen LogP) is 17.8. The summed E-state index contributed by atoms with van der Waals surface area (Å²) in [5.74, 6) is 0. The maximum Gasteiger partial charge on any atom is 0.0637 e. The molecule has 0 aliphatic heterocycles. The van der Waals surface area contributed by atoms with Gasteiger partial charge in [-0.05, 0) is 144 Å². The fourth-order valence-electron chi connectivity index (χ4n) is 10.3. The third-order valence-electron chi connectivity index (χ3n) is 13.6. The second-order valence-electron chi connectivity index (χ2n) is 17.6. The first kappa shape index (κ1) is 39.2. The Hall–Kier alpha value is -9.16. The van der Waals surface area contributed by atoms with Crippen LogP contribution in [-0.2, 0) is 0 Å². The number of fused-ring (bicyclic) bond motifs is 7. The summed E-state index contributed by atoms with van der Waals surface area (Å²) in [7, 11) is 0. The summed E-state index contributed by atoms with van der Waals surface area (Å²) in [6.45, 7) is 0. The maximum atomic E-state index is 3.55. The minimum Gasteiger partial charge on any atom is -0.310 e. The molecule has 12 aromatic rings. The molecule has 0 fully saturated rings. The first-order chi connectivity index (χ1) is 33.7. The van der Waals surface area contributed by atoms with E-state index in [2.05, 4.69) is 276 Å². The Morgan fingerprint density at radius 1 is 0.324 bits per heavy atom. The number of hydrogen-bond acceptors (Lipinski definition) is 1. The van der Waals surface area contributed by atoms with Gasteiger partial charge < -0.3 is 9.47 Å². The van der Waals surface area contributed by atoms with Gasteiger partial charge in [0.25, 0.3) is 0 Å². The molecular formula is C66H42N2. The lowest BCUT2D eigenvalue weighted by Crippen LogP contribution is -2.10. The van der Waals surface area contributed by atoms with Crippen LogP contribution in [0.4, 0.5) is 17.1 Å². The fraction of sp³-hybridized carbons (Fsp3) is 0. The van der Waals surface area contributed by atoms with Crippen LogP contribution < -0.4 is 4.90 Å². The molecule has 0 unspecified atom stereocenters. The number of hydrogen-bond donors (Lipinski definition) is 0. The maximum absolute atomic E-state index is 3.55. The topological polar surface area (TPSA) is 8.17 Å². The van der Waals surface area contributed by atoms with Crippen LogP contribution in [0.5, 0.6) is 0 Å². The second kappa shape index (κ2) is 16.4. The second-order valence-corrected chi connectivity index (χ2v) is 17.6. The van der Waals surface area contributed by atoms with Gasteiger partial charge in [0.15, 0.2) is 0 Å². The fourth-order valence-corrected chi connectivity index (χ4v) is 10.3. The van der Waals surface area contributed by atoms with E-state index in [0.29, 0.717) is 0 Å². The molecule has 0 amide bonds. The van der Waals surface area contributed by atoms with Gasteiger partial charge in [-0.3, -0.25) is 0 Å². The molecule has 0 spiro atoms. The summed E-state index contributed by atoms with van der Waals surface area (Å²) in [6, 6.07) is 90.2. The highest BCUT2D eigenvalue weighted by Crippen LogP contribution is 2.42. The summed E-state index contributed by atoms with van der Waals surface area (Å²) < 4.78 is 2.34. The van der Waals surface area contributed by atoms with E-state index in [9.17, 15) is 0 Å². The van der Waals surface area contributed by atoms with Crippen LogP contribution in [0, 0.1) is 0 Å². The standard InChI is InChI=1S/C66H42N2/c1-2-19-56(20-3-1)68-64-25-9-8-23-63(64)66-62(24-12-26-65(66)68)54-18-10-16-50(42-54)51-17-11-21-59(44-51)67(57-36-31-46(32-37-57)52-29-27-45-13-4-5-15-49(45)41-52)58-38-33-47(34-39-58)53-35-40-61-55(43-53)30-28-48-14-6-7-22-60(48)61/h1-11,13-23,25-44H. The van der Waals surface area contributed by atoms with Crippen molar-refractivity contribution in [2.75, 3.05) is 4.90 Å². The number of para-hydroxylation sites is 2. The van der Waals surface area contributed by atoms with E-state index in [1.165, 1.54) is 65.5 Å². The van der Waals surface area contributed by atoms with E-state index < -0.39 is 0 Å². The molecule has 1 aliphatic carbocycles. The molecule has 13 rings (SSSR count). The van der Waals surface area contributed by atoms with Crippen molar-refractivity contribution in [3.8, 4) is 39.1 Å². The van der Waals surface area contributed by atoms with Gasteiger partial charge in [0, 0.05) is 45.3 Å². The first-order valence-corrected chi connectivity index (χ1v) is 23.2. The van der Waals surface area contributed by atoms with Crippen molar-refractivity contribution in [3.05, 3.63) is 277 Å². The molecule has 1 aromatic heterocycles. The number of aromatic nitrogens is 1. The van der Waals surface area contributed by atoms with Crippen LogP contribution >= 0.6 is 0 Å². The zero-order valence-corrected chi connectivity index (χ0v) is 37.1. The van der Waals surface area contributed by atoms with Gasteiger partial charge in [0.2, 0.25) is 0 Å². The minimum absolute atomic E-state index is 1.04. The van der Waals surface area contributed by atoms with Crippen LogP contribution in [0.15, 0.2) is 260 Å². The molecule has 68 heavy (non-hydrogen) atoms. The summed E-state index contributed by atoms with van der Waals surface area (Å²) in [5.41, 5.74) is 23.9. The van der Waals surface area contributed by atoms with E-state index in [-0.39, 0.29) is 0 Å². The van der Waals surface area contributed by atoms with Crippen molar-refractivity contribution in [2.45, 2.75) is 0 Å². The molecule has 0 radical (unpaired) electrons. The Morgan fingerprint density at radius 3 is 1.65 bits per heavy atom. The summed E-state index contributed by atoms with van der Waals surface area (Å²) >= 11 is 0. The highest BCUT2D eigenvalue weighted by molar-refractivity contribution is 6.08. The minimum atomic E-state index is 1.04. The Kier molecular flexibility index (Phi) is 9.44. The summed E-state index contributed by atoms with van der Waals surface area (Å²) in [5, 5.41) is 8.74. The van der Waals surface area contributed by atoms with Gasteiger partial charge in [-0.25, -0.2) is 0 Å². The Labute approximate surface area is 395 Å². The van der Waals surface area contributed by atoms with Crippen molar-refractivity contribution in [2.24, 2.45) is 0 Å². The third-order valence-corrected chi connectivity index (χ3v) is 13.6. The monoisotopic (exact) mass is 862 g/mol. The van der Waals surface area contributed by atoms with Crippen molar-refractivity contribution >= 4 is 71.9 Å². The molecule has 316 valence electrons. The van der Waals surface area contributed by atoms with Gasteiger partial charge in [0.05, 0.1) is 11.2 Å². The Morgan fingerprint density at radius 2 is 0.868 bits per heavy atom. The lowest BCUT2D eigenvalue weighted by molar-refractivity contribution is 1.10. The lowest BCUT2D eigenvalue weighted by atomic mass is 9.92. The molecule has 0 atom stereocenters. The Bertz CT molecular complexity index is 4030.